The lowest BCUT2D eigenvalue weighted by molar-refractivity contribution is 0.102. The first-order valence-electron chi connectivity index (χ1n) is 9.18. The second kappa shape index (κ2) is 8.31. The maximum atomic E-state index is 12.8. The summed E-state index contributed by atoms with van der Waals surface area (Å²) in [5, 5.41) is 13.8. The molecule has 1 saturated heterocycles. The van der Waals surface area contributed by atoms with E-state index in [9.17, 15) is 13.2 Å². The molecule has 1 aromatic carbocycles. The van der Waals surface area contributed by atoms with Crippen molar-refractivity contribution in [2.24, 2.45) is 0 Å². The van der Waals surface area contributed by atoms with E-state index in [0.717, 1.165) is 18.4 Å². The van der Waals surface area contributed by atoms with E-state index in [0.29, 0.717) is 28.0 Å². The van der Waals surface area contributed by atoms with Crippen LogP contribution in [0.2, 0.25) is 0 Å². The fourth-order valence-electron chi connectivity index (χ4n) is 3.21. The molecule has 1 amide bonds. The molecule has 0 spiro atoms. The lowest BCUT2D eigenvalue weighted by atomic mass is 10.0. The molecule has 1 atom stereocenters. The predicted molar refractivity (Wildman–Crippen MR) is 114 cm³/mol. The van der Waals surface area contributed by atoms with Crippen molar-refractivity contribution < 1.29 is 13.2 Å². The molecule has 1 fully saturated rings. The number of hydrogen-bond acceptors (Lipinski definition) is 7. The summed E-state index contributed by atoms with van der Waals surface area (Å²) < 4.78 is 27.5. The average molecular weight is 449 g/mol. The molecular formula is C19H20N4O3S3. The minimum Gasteiger partial charge on any atom is -0.320 e. The Bertz CT molecular complexity index is 1090. The zero-order valence-electron chi connectivity index (χ0n) is 15.7. The molecule has 0 bridgehead atoms. The molecule has 0 saturated carbocycles. The first kappa shape index (κ1) is 20.1. The number of amides is 1. The number of nitrogens with one attached hydrogen (secondary N) is 1. The molecule has 3 aromatic rings. The van der Waals surface area contributed by atoms with Crippen molar-refractivity contribution in [1.82, 2.24) is 14.5 Å². The molecule has 29 heavy (non-hydrogen) atoms. The summed E-state index contributed by atoms with van der Waals surface area (Å²) >= 11 is 2.45. The molecule has 4 rings (SSSR count). The van der Waals surface area contributed by atoms with Crippen molar-refractivity contribution in [3.8, 4) is 0 Å². The van der Waals surface area contributed by atoms with Crippen LogP contribution in [0.1, 0.15) is 39.1 Å². The lowest BCUT2D eigenvalue weighted by Gasteiger charge is -2.30. The quantitative estimate of drug-likeness (QED) is 0.642. The van der Waals surface area contributed by atoms with Crippen molar-refractivity contribution in [2.75, 3.05) is 18.4 Å². The molecule has 1 N–H and O–H groups in total. The smallest absolute Gasteiger partial charge is 0.286 e. The molecule has 152 valence electrons. The standard InChI is InChI=1S/C19H20N4O3S3/c1-13-6-8-15(9-7-13)20-17(24)19-22-21-18(28-19)14-4-2-10-23(12-14)29(25,26)16-5-3-11-27-16/h3,5-9,11,14H,2,4,10,12H2,1H3,(H,20,24). The number of rotatable bonds is 5. The number of piperidine rings is 1. The number of carbonyl (C=O) groups excluding carboxylic acids is 1. The molecule has 0 radical (unpaired) electrons. The molecule has 7 nitrogen and oxygen atoms in total. The first-order chi connectivity index (χ1) is 13.9. The second-order valence-corrected chi connectivity index (χ2v) is 11.0. The largest absolute Gasteiger partial charge is 0.320 e. The highest BCUT2D eigenvalue weighted by Gasteiger charge is 2.33. The Morgan fingerprint density at radius 3 is 2.72 bits per heavy atom. The minimum atomic E-state index is -3.48. The third-order valence-electron chi connectivity index (χ3n) is 4.77. The molecule has 10 heteroatoms. The van der Waals surface area contributed by atoms with Gasteiger partial charge in [-0.15, -0.1) is 21.5 Å². The highest BCUT2D eigenvalue weighted by Crippen LogP contribution is 2.33. The van der Waals surface area contributed by atoms with Crippen molar-refractivity contribution in [1.29, 1.82) is 0 Å². The Morgan fingerprint density at radius 2 is 2.00 bits per heavy atom. The number of thiophene rings is 1. The van der Waals surface area contributed by atoms with E-state index in [2.05, 4.69) is 15.5 Å². The molecule has 0 aliphatic carbocycles. The van der Waals surface area contributed by atoms with Gasteiger partial charge in [0, 0.05) is 24.7 Å². The molecular weight excluding hydrogens is 428 g/mol. The van der Waals surface area contributed by atoms with Gasteiger partial charge in [-0.25, -0.2) is 8.42 Å². The molecule has 3 heterocycles. The lowest BCUT2D eigenvalue weighted by Crippen LogP contribution is -2.38. The van der Waals surface area contributed by atoms with Crippen LogP contribution in [0.4, 0.5) is 5.69 Å². The number of anilines is 1. The summed E-state index contributed by atoms with van der Waals surface area (Å²) in [6.45, 7) is 2.83. The van der Waals surface area contributed by atoms with Crippen LogP contribution >= 0.6 is 22.7 Å². The van der Waals surface area contributed by atoms with E-state index in [1.807, 2.05) is 31.2 Å². The van der Waals surface area contributed by atoms with Crippen LogP contribution in [0.25, 0.3) is 0 Å². The van der Waals surface area contributed by atoms with Crippen LogP contribution in [0.15, 0.2) is 46.0 Å². The molecule has 1 unspecified atom stereocenters. The van der Waals surface area contributed by atoms with E-state index >= 15 is 0 Å². The van der Waals surface area contributed by atoms with Gasteiger partial charge in [0.2, 0.25) is 5.01 Å². The highest BCUT2D eigenvalue weighted by molar-refractivity contribution is 7.91. The SMILES string of the molecule is Cc1ccc(NC(=O)c2nnc(C3CCCN(S(=O)(=O)c4cccs4)C3)s2)cc1. The van der Waals surface area contributed by atoms with Crippen LogP contribution in [-0.4, -0.2) is 41.9 Å². The zero-order chi connectivity index (χ0) is 20.4. The van der Waals surface area contributed by atoms with Gasteiger partial charge in [0.15, 0.2) is 0 Å². The summed E-state index contributed by atoms with van der Waals surface area (Å²) in [5.41, 5.74) is 1.81. The number of benzene rings is 1. The van der Waals surface area contributed by atoms with E-state index in [1.165, 1.54) is 27.0 Å². The molecule has 1 aliphatic rings. The topological polar surface area (TPSA) is 92.3 Å². The van der Waals surface area contributed by atoms with Crippen molar-refractivity contribution in [2.45, 2.75) is 29.9 Å². The van der Waals surface area contributed by atoms with Gasteiger partial charge in [0.25, 0.3) is 15.9 Å². The van der Waals surface area contributed by atoms with Gasteiger partial charge in [-0.05, 0) is 43.3 Å². The summed E-state index contributed by atoms with van der Waals surface area (Å²) in [6, 6.07) is 10.9. The van der Waals surface area contributed by atoms with Gasteiger partial charge in [-0.3, -0.25) is 4.79 Å². The minimum absolute atomic E-state index is 0.0584. The van der Waals surface area contributed by atoms with Gasteiger partial charge in [-0.1, -0.05) is 35.1 Å². The Labute approximate surface area is 177 Å². The van der Waals surface area contributed by atoms with Gasteiger partial charge < -0.3 is 5.32 Å². The second-order valence-electron chi connectivity index (χ2n) is 6.90. The number of aryl methyl sites for hydroxylation is 1. The summed E-state index contributed by atoms with van der Waals surface area (Å²) in [6.07, 6.45) is 1.57. The maximum absolute atomic E-state index is 12.8. The van der Waals surface area contributed by atoms with Gasteiger partial charge in [-0.2, -0.15) is 4.31 Å². The highest BCUT2D eigenvalue weighted by atomic mass is 32.2. The Balaban J connectivity index is 1.46. The van der Waals surface area contributed by atoms with E-state index in [1.54, 1.807) is 17.5 Å². The number of sulfonamides is 1. The Morgan fingerprint density at radius 1 is 1.21 bits per heavy atom. The van der Waals surface area contributed by atoms with Crippen LogP contribution < -0.4 is 5.32 Å². The summed E-state index contributed by atoms with van der Waals surface area (Å²) in [5.74, 6) is -0.367. The summed E-state index contributed by atoms with van der Waals surface area (Å²) in [7, 11) is -3.48. The van der Waals surface area contributed by atoms with Crippen LogP contribution in [0.5, 0.6) is 0 Å². The van der Waals surface area contributed by atoms with E-state index < -0.39 is 10.0 Å². The number of hydrogen-bond donors (Lipinski definition) is 1. The average Bonchev–Trinajstić information content (AvgIpc) is 3.42. The fraction of sp³-hybridized carbons (Fsp3) is 0.316. The van der Waals surface area contributed by atoms with Gasteiger partial charge >= 0.3 is 0 Å². The van der Waals surface area contributed by atoms with Gasteiger partial charge in [0.1, 0.15) is 9.22 Å². The van der Waals surface area contributed by atoms with E-state index in [4.69, 9.17) is 0 Å². The number of aromatic nitrogens is 2. The Kier molecular flexibility index (Phi) is 5.77. The summed E-state index contributed by atoms with van der Waals surface area (Å²) in [4.78, 5) is 12.5. The maximum Gasteiger partial charge on any atom is 0.286 e. The normalized spacial score (nSPS) is 17.9. The van der Waals surface area contributed by atoms with Gasteiger partial charge in [0.05, 0.1) is 0 Å². The third kappa shape index (κ3) is 4.40. The third-order valence-corrected chi connectivity index (χ3v) is 9.09. The molecule has 1 aliphatic heterocycles. The number of nitrogens with zero attached hydrogens (tertiary/aromatic N) is 3. The monoisotopic (exact) mass is 448 g/mol. The van der Waals surface area contributed by atoms with Crippen LogP contribution in [0, 0.1) is 6.92 Å². The van der Waals surface area contributed by atoms with Crippen molar-refractivity contribution in [3.63, 3.8) is 0 Å². The van der Waals surface area contributed by atoms with Crippen molar-refractivity contribution >= 4 is 44.3 Å². The predicted octanol–water partition coefficient (Wildman–Crippen LogP) is 3.73. The van der Waals surface area contributed by atoms with E-state index in [-0.39, 0.29) is 16.8 Å². The van der Waals surface area contributed by atoms with Crippen molar-refractivity contribution in [3.05, 3.63) is 57.4 Å². The number of carbonyl (C=O) groups is 1. The molecule has 2 aromatic heterocycles. The Hall–Kier alpha value is -2.14. The zero-order valence-corrected chi connectivity index (χ0v) is 18.2. The van der Waals surface area contributed by atoms with Crippen LogP contribution in [0.3, 0.4) is 0 Å². The van der Waals surface area contributed by atoms with Crippen LogP contribution in [-0.2, 0) is 10.0 Å². The fourth-order valence-corrected chi connectivity index (χ4v) is 6.75. The first-order valence-corrected chi connectivity index (χ1v) is 12.3.